The van der Waals surface area contributed by atoms with Crippen molar-refractivity contribution < 1.29 is 4.74 Å². The summed E-state index contributed by atoms with van der Waals surface area (Å²) in [5, 5.41) is 0. The second-order valence-corrected chi connectivity index (χ2v) is 5.46. The molecule has 0 spiro atoms. The van der Waals surface area contributed by atoms with Gasteiger partial charge in [0.2, 0.25) is 0 Å². The highest BCUT2D eigenvalue weighted by molar-refractivity contribution is 5.17. The van der Waals surface area contributed by atoms with Crippen molar-refractivity contribution in [2.75, 3.05) is 0 Å². The fourth-order valence-electron chi connectivity index (χ4n) is 2.58. The van der Waals surface area contributed by atoms with Gasteiger partial charge in [-0.25, -0.2) is 0 Å². The molecular weight excluding hydrogens is 220 g/mol. The molecule has 1 saturated heterocycles. The molecule has 100 valence electrons. The Morgan fingerprint density at radius 1 is 0.889 bits per heavy atom. The minimum Gasteiger partial charge on any atom is -0.369 e. The minimum atomic E-state index is 0.503. The molecule has 2 unspecified atom stereocenters. The van der Waals surface area contributed by atoms with E-state index in [4.69, 9.17) is 4.74 Å². The van der Waals surface area contributed by atoms with Crippen molar-refractivity contribution in [3.63, 3.8) is 0 Å². The summed E-state index contributed by atoms with van der Waals surface area (Å²) >= 11 is 0. The number of hydrogen-bond acceptors (Lipinski definition) is 1. The van der Waals surface area contributed by atoms with E-state index in [2.05, 4.69) is 37.3 Å². The predicted octanol–water partition coefficient (Wildman–Crippen LogP) is 4.75. The molecule has 1 aromatic rings. The molecule has 18 heavy (non-hydrogen) atoms. The highest BCUT2D eigenvalue weighted by Gasteiger charge is 2.37. The fourth-order valence-corrected chi connectivity index (χ4v) is 2.58. The lowest BCUT2D eigenvalue weighted by Crippen LogP contribution is -1.98. The molecule has 1 aliphatic heterocycles. The van der Waals surface area contributed by atoms with E-state index in [0.29, 0.717) is 12.2 Å². The molecule has 0 bridgehead atoms. The monoisotopic (exact) mass is 246 g/mol. The highest BCUT2D eigenvalue weighted by atomic mass is 16.6. The first-order valence-corrected chi connectivity index (χ1v) is 7.59. The summed E-state index contributed by atoms with van der Waals surface area (Å²) in [5.74, 6) is 0. The fraction of sp³-hybridized carbons (Fsp3) is 0.647. The summed E-state index contributed by atoms with van der Waals surface area (Å²) in [5.41, 5.74) is 1.41. The molecule has 0 aromatic heterocycles. The van der Waals surface area contributed by atoms with Crippen molar-refractivity contribution in [3.05, 3.63) is 35.9 Å². The molecule has 1 aromatic carbocycles. The van der Waals surface area contributed by atoms with Crippen LogP contribution in [-0.4, -0.2) is 12.2 Å². The zero-order chi connectivity index (χ0) is 12.6. The average molecular weight is 246 g/mol. The molecule has 1 nitrogen and oxygen atoms in total. The van der Waals surface area contributed by atoms with Gasteiger partial charge in [0.15, 0.2) is 0 Å². The Morgan fingerprint density at radius 2 is 1.61 bits per heavy atom. The summed E-state index contributed by atoms with van der Waals surface area (Å²) in [6.45, 7) is 2.27. The molecule has 1 fully saturated rings. The number of hydrogen-bond donors (Lipinski definition) is 0. The van der Waals surface area contributed by atoms with Gasteiger partial charge < -0.3 is 4.74 Å². The van der Waals surface area contributed by atoms with Crippen LogP contribution in [0, 0.1) is 0 Å². The number of ether oxygens (including phenoxy) is 1. The molecule has 0 radical (unpaired) electrons. The van der Waals surface area contributed by atoms with Gasteiger partial charge in [-0.3, -0.25) is 0 Å². The van der Waals surface area contributed by atoms with Crippen LogP contribution < -0.4 is 0 Å². The molecular formula is C17H26O. The van der Waals surface area contributed by atoms with E-state index in [1.807, 2.05) is 0 Å². The Hall–Kier alpha value is -0.820. The standard InChI is InChI=1S/C17H26O/c1-2-3-4-5-6-10-13-16-17(18-16)14-15-11-8-7-9-12-15/h7-9,11-12,16-17H,2-6,10,13-14H2,1H3. The Kier molecular flexibility index (Phi) is 5.73. The minimum absolute atomic E-state index is 0.503. The lowest BCUT2D eigenvalue weighted by molar-refractivity contribution is 0.357. The summed E-state index contributed by atoms with van der Waals surface area (Å²) in [6.07, 6.45) is 11.7. The van der Waals surface area contributed by atoms with E-state index in [1.165, 1.54) is 50.5 Å². The van der Waals surface area contributed by atoms with Crippen LogP contribution in [0.5, 0.6) is 0 Å². The molecule has 1 heteroatoms. The van der Waals surface area contributed by atoms with Gasteiger partial charge in [0.05, 0.1) is 12.2 Å². The quantitative estimate of drug-likeness (QED) is 0.452. The molecule has 2 atom stereocenters. The largest absolute Gasteiger partial charge is 0.369 e. The van der Waals surface area contributed by atoms with Crippen LogP contribution in [0.4, 0.5) is 0 Å². The molecule has 0 aliphatic carbocycles. The SMILES string of the molecule is CCCCCCCCC1OC1Cc1ccccc1. The van der Waals surface area contributed by atoms with Crippen LogP contribution in [0.15, 0.2) is 30.3 Å². The van der Waals surface area contributed by atoms with Crippen LogP contribution in [0.2, 0.25) is 0 Å². The molecule has 0 N–H and O–H groups in total. The summed E-state index contributed by atoms with van der Waals surface area (Å²) in [4.78, 5) is 0. The second-order valence-electron chi connectivity index (χ2n) is 5.46. The number of rotatable bonds is 9. The van der Waals surface area contributed by atoms with Crippen molar-refractivity contribution in [2.45, 2.75) is 70.5 Å². The van der Waals surface area contributed by atoms with Crippen molar-refractivity contribution in [3.8, 4) is 0 Å². The Labute approximate surface area is 112 Å². The third kappa shape index (κ3) is 4.81. The van der Waals surface area contributed by atoms with Crippen molar-refractivity contribution in [2.24, 2.45) is 0 Å². The Morgan fingerprint density at radius 3 is 2.39 bits per heavy atom. The van der Waals surface area contributed by atoms with Gasteiger partial charge in [0.25, 0.3) is 0 Å². The van der Waals surface area contributed by atoms with E-state index < -0.39 is 0 Å². The maximum atomic E-state index is 5.75. The van der Waals surface area contributed by atoms with Gasteiger partial charge in [0.1, 0.15) is 0 Å². The van der Waals surface area contributed by atoms with Crippen LogP contribution >= 0.6 is 0 Å². The summed E-state index contributed by atoms with van der Waals surface area (Å²) < 4.78 is 5.75. The van der Waals surface area contributed by atoms with Gasteiger partial charge in [0, 0.05) is 6.42 Å². The van der Waals surface area contributed by atoms with Crippen LogP contribution in [-0.2, 0) is 11.2 Å². The van der Waals surface area contributed by atoms with Gasteiger partial charge in [-0.15, -0.1) is 0 Å². The smallest absolute Gasteiger partial charge is 0.0882 e. The third-order valence-corrected chi connectivity index (χ3v) is 3.81. The maximum Gasteiger partial charge on any atom is 0.0882 e. The first-order chi connectivity index (χ1) is 8.90. The lowest BCUT2D eigenvalue weighted by Gasteiger charge is -1.99. The van der Waals surface area contributed by atoms with Crippen molar-refractivity contribution >= 4 is 0 Å². The van der Waals surface area contributed by atoms with Crippen LogP contribution in [0.25, 0.3) is 0 Å². The van der Waals surface area contributed by atoms with E-state index >= 15 is 0 Å². The number of epoxide rings is 1. The van der Waals surface area contributed by atoms with E-state index in [-0.39, 0.29) is 0 Å². The Bertz CT molecular complexity index is 320. The maximum absolute atomic E-state index is 5.75. The molecule has 0 amide bonds. The van der Waals surface area contributed by atoms with Crippen molar-refractivity contribution in [1.82, 2.24) is 0 Å². The molecule has 1 aliphatic rings. The third-order valence-electron chi connectivity index (χ3n) is 3.81. The van der Waals surface area contributed by atoms with Crippen LogP contribution in [0.1, 0.15) is 57.4 Å². The van der Waals surface area contributed by atoms with Gasteiger partial charge in [-0.05, 0) is 12.0 Å². The zero-order valence-electron chi connectivity index (χ0n) is 11.6. The molecule has 1 heterocycles. The first-order valence-electron chi connectivity index (χ1n) is 7.59. The second kappa shape index (κ2) is 7.58. The van der Waals surface area contributed by atoms with E-state index in [0.717, 1.165) is 6.42 Å². The molecule has 0 saturated carbocycles. The average Bonchev–Trinajstić information content (AvgIpc) is 3.13. The van der Waals surface area contributed by atoms with Crippen LogP contribution in [0.3, 0.4) is 0 Å². The lowest BCUT2D eigenvalue weighted by atomic mass is 10.0. The zero-order valence-corrected chi connectivity index (χ0v) is 11.6. The normalized spacial score (nSPS) is 22.1. The number of unbranched alkanes of at least 4 members (excludes halogenated alkanes) is 5. The van der Waals surface area contributed by atoms with Gasteiger partial charge >= 0.3 is 0 Å². The van der Waals surface area contributed by atoms with E-state index in [1.54, 1.807) is 0 Å². The summed E-state index contributed by atoms with van der Waals surface area (Å²) in [6, 6.07) is 10.7. The number of benzene rings is 1. The molecule has 2 rings (SSSR count). The van der Waals surface area contributed by atoms with Gasteiger partial charge in [-0.1, -0.05) is 75.8 Å². The van der Waals surface area contributed by atoms with Crippen molar-refractivity contribution in [1.29, 1.82) is 0 Å². The Balaban J connectivity index is 1.50. The predicted molar refractivity (Wildman–Crippen MR) is 76.8 cm³/mol. The first kappa shape index (κ1) is 13.6. The highest BCUT2D eigenvalue weighted by Crippen LogP contribution is 2.30. The topological polar surface area (TPSA) is 12.5 Å². The van der Waals surface area contributed by atoms with Gasteiger partial charge in [-0.2, -0.15) is 0 Å². The van der Waals surface area contributed by atoms with E-state index in [9.17, 15) is 0 Å². The summed E-state index contributed by atoms with van der Waals surface area (Å²) in [7, 11) is 0.